The van der Waals surface area contributed by atoms with E-state index < -0.39 is 0 Å². The van der Waals surface area contributed by atoms with Crippen LogP contribution in [0, 0.1) is 0 Å². The molecule has 4 rings (SSSR count). The molecule has 0 bridgehead atoms. The van der Waals surface area contributed by atoms with Crippen LogP contribution in [-0.2, 0) is 0 Å². The van der Waals surface area contributed by atoms with Gasteiger partial charge in [0.1, 0.15) is 10.4 Å². The molecule has 2 saturated heterocycles. The molecule has 0 aliphatic carbocycles. The molecule has 0 aromatic carbocycles. The van der Waals surface area contributed by atoms with Gasteiger partial charge in [0.15, 0.2) is 0 Å². The monoisotopic (exact) mass is 618 g/mol. The third kappa shape index (κ3) is 9.84. The lowest BCUT2D eigenvalue weighted by Gasteiger charge is -2.20. The van der Waals surface area contributed by atoms with E-state index in [1.54, 1.807) is 6.20 Å². The first-order chi connectivity index (χ1) is 14.8. The molecule has 2 aliphatic rings. The molecule has 31 heavy (non-hydrogen) atoms. The van der Waals surface area contributed by atoms with Gasteiger partial charge in [-0.15, -0.1) is 0 Å². The van der Waals surface area contributed by atoms with Gasteiger partial charge in [-0.25, -0.2) is 9.97 Å². The first-order valence-corrected chi connectivity index (χ1v) is 12.8. The molecule has 2 aromatic rings. The summed E-state index contributed by atoms with van der Waals surface area (Å²) < 4.78 is 2.90. The zero-order chi connectivity index (χ0) is 22.8. The zero-order valence-electron chi connectivity index (χ0n) is 18.7. The van der Waals surface area contributed by atoms with E-state index in [2.05, 4.69) is 112 Å². The molecule has 4 heterocycles. The third-order valence-electron chi connectivity index (χ3n) is 5.39. The van der Waals surface area contributed by atoms with E-state index in [1.807, 2.05) is 24.4 Å². The lowest BCUT2D eigenvalue weighted by atomic mass is 10.2. The molecule has 6 nitrogen and oxygen atoms in total. The van der Waals surface area contributed by atoms with Crippen molar-refractivity contribution < 1.29 is 0 Å². The highest BCUT2D eigenvalue weighted by atomic mass is 79.9. The highest BCUT2D eigenvalue weighted by molar-refractivity contribution is 9.11. The Labute approximate surface area is 212 Å². The van der Waals surface area contributed by atoms with Gasteiger partial charge in [0.05, 0.1) is 0 Å². The topological polar surface area (TPSA) is 47.5 Å². The largest absolute Gasteiger partial charge is 0.355 e. The van der Waals surface area contributed by atoms with E-state index in [0.717, 1.165) is 38.5 Å². The van der Waals surface area contributed by atoms with Gasteiger partial charge in [-0.2, -0.15) is 0 Å². The number of aromatic nitrogens is 2. The summed E-state index contributed by atoms with van der Waals surface area (Å²) in [5, 5.41) is 3.31. The van der Waals surface area contributed by atoms with Gasteiger partial charge in [-0.05, 0) is 120 Å². The second-order valence-electron chi connectivity index (χ2n) is 8.10. The summed E-state index contributed by atoms with van der Waals surface area (Å²) in [5.74, 6) is 1.09. The summed E-state index contributed by atoms with van der Waals surface area (Å²) in [4.78, 5) is 15.3. The van der Waals surface area contributed by atoms with E-state index in [1.165, 1.54) is 25.9 Å². The first kappa shape index (κ1) is 26.7. The average Bonchev–Trinajstić information content (AvgIpc) is 3.44. The Morgan fingerprint density at radius 2 is 1.52 bits per heavy atom. The van der Waals surface area contributed by atoms with Crippen molar-refractivity contribution in [3.8, 4) is 0 Å². The summed E-state index contributed by atoms with van der Waals surface area (Å²) in [6, 6.07) is 9.37. The molecule has 2 unspecified atom stereocenters. The molecule has 2 fully saturated rings. The van der Waals surface area contributed by atoms with Crippen LogP contribution in [0.2, 0.25) is 0 Å². The van der Waals surface area contributed by atoms with Crippen molar-refractivity contribution in [2.24, 2.45) is 0 Å². The van der Waals surface area contributed by atoms with Crippen molar-refractivity contribution in [1.82, 2.24) is 25.1 Å². The van der Waals surface area contributed by atoms with Crippen molar-refractivity contribution in [1.29, 1.82) is 0 Å². The van der Waals surface area contributed by atoms with Crippen LogP contribution in [0.25, 0.3) is 0 Å². The fourth-order valence-electron chi connectivity index (χ4n) is 3.36. The van der Waals surface area contributed by atoms with E-state index in [4.69, 9.17) is 0 Å². The normalized spacial score (nSPS) is 20.4. The van der Waals surface area contributed by atoms with Crippen molar-refractivity contribution >= 4 is 53.6 Å². The molecule has 0 spiro atoms. The number of anilines is 1. The predicted octanol–water partition coefficient (Wildman–Crippen LogP) is 4.50. The molecule has 9 heteroatoms. The SMILES string of the molecule is Brc1ccc(Br)nc1.CN(C)C1CCN(c2ccc(Br)cn2)C1.CN(C)C1CCNC1. The minimum atomic E-state index is 0.662. The number of hydrogen-bond donors (Lipinski definition) is 1. The molecule has 172 valence electrons. The Balaban J connectivity index is 0.000000181. The number of pyridine rings is 2. The van der Waals surface area contributed by atoms with Crippen LogP contribution in [0.15, 0.2) is 50.2 Å². The van der Waals surface area contributed by atoms with Crippen molar-refractivity contribution in [3.63, 3.8) is 0 Å². The Hall–Kier alpha value is -0.580. The highest BCUT2D eigenvalue weighted by Gasteiger charge is 2.24. The highest BCUT2D eigenvalue weighted by Crippen LogP contribution is 2.21. The first-order valence-electron chi connectivity index (χ1n) is 10.4. The summed E-state index contributed by atoms with van der Waals surface area (Å²) in [7, 11) is 8.56. The molecule has 2 aromatic heterocycles. The Bertz CT molecular complexity index is 728. The van der Waals surface area contributed by atoms with Crippen LogP contribution in [0.3, 0.4) is 0 Å². The molecule has 1 N–H and O–H groups in total. The van der Waals surface area contributed by atoms with Crippen LogP contribution in [0.1, 0.15) is 12.8 Å². The van der Waals surface area contributed by atoms with Crippen LogP contribution in [0.4, 0.5) is 5.82 Å². The van der Waals surface area contributed by atoms with E-state index >= 15 is 0 Å². The van der Waals surface area contributed by atoms with Gasteiger partial charge >= 0.3 is 0 Å². The summed E-state index contributed by atoms with van der Waals surface area (Å²) in [5.41, 5.74) is 0. The van der Waals surface area contributed by atoms with E-state index in [0.29, 0.717) is 6.04 Å². The van der Waals surface area contributed by atoms with Crippen LogP contribution >= 0.6 is 47.8 Å². The van der Waals surface area contributed by atoms with Crippen LogP contribution in [-0.4, -0.2) is 86.2 Å². The standard InChI is InChI=1S/C11H16BrN3.C6H14N2.C5H3Br2N/c1-14(2)10-5-6-15(8-10)11-4-3-9(12)7-13-11;1-8(2)6-3-4-7-5-6;6-4-1-2-5(7)8-3-4/h3-4,7,10H,5-6,8H2,1-2H3;6-7H,3-5H2,1-2H3;1-3H. The minimum absolute atomic E-state index is 0.662. The summed E-state index contributed by atoms with van der Waals surface area (Å²) >= 11 is 9.88. The smallest absolute Gasteiger partial charge is 0.128 e. The van der Waals surface area contributed by atoms with Crippen molar-refractivity contribution in [2.45, 2.75) is 24.9 Å². The van der Waals surface area contributed by atoms with E-state index in [9.17, 15) is 0 Å². The second kappa shape index (κ2) is 13.9. The van der Waals surface area contributed by atoms with Gasteiger partial charge in [0.25, 0.3) is 0 Å². The maximum absolute atomic E-state index is 4.41. The zero-order valence-corrected chi connectivity index (χ0v) is 23.5. The number of likely N-dealkylation sites (N-methyl/N-ethyl adjacent to an activating group) is 2. The average molecular weight is 621 g/mol. The third-order valence-corrected chi connectivity index (χ3v) is 6.79. The van der Waals surface area contributed by atoms with Gasteiger partial charge in [-0.3, -0.25) is 0 Å². The quantitative estimate of drug-likeness (QED) is 0.510. The maximum atomic E-state index is 4.41. The number of nitrogens with one attached hydrogen (secondary N) is 1. The number of nitrogens with zero attached hydrogens (tertiary/aromatic N) is 5. The van der Waals surface area contributed by atoms with Crippen LogP contribution < -0.4 is 10.2 Å². The number of halogens is 3. The molecule has 2 aliphatic heterocycles. The molecule has 2 atom stereocenters. The van der Waals surface area contributed by atoms with Gasteiger partial charge in [0.2, 0.25) is 0 Å². The number of rotatable bonds is 3. The fraction of sp³-hybridized carbons (Fsp3) is 0.545. The van der Waals surface area contributed by atoms with Crippen molar-refractivity contribution in [3.05, 3.63) is 50.2 Å². The van der Waals surface area contributed by atoms with E-state index in [-0.39, 0.29) is 0 Å². The minimum Gasteiger partial charge on any atom is -0.355 e. The summed E-state index contributed by atoms with van der Waals surface area (Å²) in [6.45, 7) is 4.56. The maximum Gasteiger partial charge on any atom is 0.128 e. The summed E-state index contributed by atoms with van der Waals surface area (Å²) in [6.07, 6.45) is 6.14. The van der Waals surface area contributed by atoms with Gasteiger partial charge in [-0.1, -0.05) is 0 Å². The molecule has 0 amide bonds. The molecule has 0 radical (unpaired) electrons. The van der Waals surface area contributed by atoms with Crippen molar-refractivity contribution in [2.75, 3.05) is 59.3 Å². The Kier molecular flexibility index (Phi) is 11.9. The predicted molar refractivity (Wildman–Crippen MR) is 141 cm³/mol. The van der Waals surface area contributed by atoms with Crippen LogP contribution in [0.5, 0.6) is 0 Å². The number of hydrogen-bond acceptors (Lipinski definition) is 6. The Morgan fingerprint density at radius 3 is 1.90 bits per heavy atom. The fourth-order valence-corrected chi connectivity index (χ4v) is 4.07. The molecular weight excluding hydrogens is 588 g/mol. The lowest BCUT2D eigenvalue weighted by molar-refractivity contribution is 0.313. The Morgan fingerprint density at radius 1 is 0.871 bits per heavy atom. The van der Waals surface area contributed by atoms with Gasteiger partial charge in [0, 0.05) is 53.1 Å². The lowest BCUT2D eigenvalue weighted by Crippen LogP contribution is -2.31. The molecular formula is C22H33Br3N6. The second-order valence-corrected chi connectivity index (χ2v) is 10.7. The van der Waals surface area contributed by atoms with Gasteiger partial charge < -0.3 is 20.0 Å². The molecule has 0 saturated carbocycles.